The third-order valence-electron chi connectivity index (χ3n) is 6.58. The second-order valence-corrected chi connectivity index (χ2v) is 11.2. The van der Waals surface area contributed by atoms with Crippen LogP contribution in [0.15, 0.2) is 61.1 Å². The van der Waals surface area contributed by atoms with Gasteiger partial charge in [0.15, 0.2) is 11.5 Å². The molecule has 0 aliphatic heterocycles. The zero-order valence-corrected chi connectivity index (χ0v) is 23.7. The molecule has 2 aromatic carbocycles. The van der Waals surface area contributed by atoms with Crippen LogP contribution in [-0.2, 0) is 27.0 Å². The molecule has 10 nitrogen and oxygen atoms in total. The van der Waals surface area contributed by atoms with E-state index in [1.807, 2.05) is 26.8 Å². The van der Waals surface area contributed by atoms with Crippen LogP contribution in [0.25, 0.3) is 32.9 Å². The van der Waals surface area contributed by atoms with Crippen molar-refractivity contribution in [3.05, 3.63) is 77.7 Å². The number of aromatic amines is 1. The molecule has 3 aromatic heterocycles. The predicted molar refractivity (Wildman–Crippen MR) is 156 cm³/mol. The summed E-state index contributed by atoms with van der Waals surface area (Å²) < 4.78 is 39.4. The van der Waals surface area contributed by atoms with Crippen LogP contribution in [0.4, 0.5) is 0 Å². The lowest BCUT2D eigenvalue weighted by Gasteiger charge is -2.13. The Morgan fingerprint density at radius 3 is 2.46 bits per heavy atom. The second kappa shape index (κ2) is 11.5. The number of phenols is 1. The van der Waals surface area contributed by atoms with Gasteiger partial charge in [-0.15, -0.1) is 0 Å². The van der Waals surface area contributed by atoms with Crippen molar-refractivity contribution in [3.8, 4) is 28.6 Å². The SMILES string of the molecule is CCOc1c(O)c2c(-c3ccc(CS(=O)(=O)NC(=O)Cc4ccncc4)cc3C)[nH]c(OCC)c2c2ncccc12. The van der Waals surface area contributed by atoms with E-state index in [0.29, 0.717) is 63.3 Å². The molecule has 0 bridgehead atoms. The lowest BCUT2D eigenvalue weighted by Crippen LogP contribution is -2.32. The molecule has 0 spiro atoms. The Morgan fingerprint density at radius 1 is 1.00 bits per heavy atom. The Bertz CT molecular complexity index is 1850. The van der Waals surface area contributed by atoms with Crippen LogP contribution in [0.5, 0.6) is 17.4 Å². The molecular weight excluding hydrogens is 544 g/mol. The summed E-state index contributed by atoms with van der Waals surface area (Å²) in [5.74, 6) is -0.244. The number of nitrogens with one attached hydrogen (secondary N) is 2. The number of carbonyl (C=O) groups excluding carboxylic acids is 1. The number of H-pyrrole nitrogens is 1. The number of hydrogen-bond acceptors (Lipinski definition) is 8. The molecule has 1 amide bonds. The highest BCUT2D eigenvalue weighted by Crippen LogP contribution is 2.49. The van der Waals surface area contributed by atoms with E-state index >= 15 is 0 Å². The number of phenolic OH excluding ortho intramolecular Hbond substituents is 1. The number of nitrogens with zero attached hydrogens (tertiary/aromatic N) is 2. The van der Waals surface area contributed by atoms with Gasteiger partial charge in [-0.25, -0.2) is 8.42 Å². The van der Waals surface area contributed by atoms with E-state index in [4.69, 9.17) is 9.47 Å². The Morgan fingerprint density at radius 2 is 1.76 bits per heavy atom. The normalized spacial score (nSPS) is 11.6. The molecule has 41 heavy (non-hydrogen) atoms. The summed E-state index contributed by atoms with van der Waals surface area (Å²) in [5.41, 5.74) is 3.87. The molecule has 3 N–H and O–H groups in total. The average molecular weight is 575 g/mol. The van der Waals surface area contributed by atoms with Gasteiger partial charge in [0.25, 0.3) is 0 Å². The molecule has 212 valence electrons. The highest BCUT2D eigenvalue weighted by atomic mass is 32.2. The maximum Gasteiger partial charge on any atom is 0.239 e. The van der Waals surface area contributed by atoms with Gasteiger partial charge >= 0.3 is 0 Å². The molecule has 5 aromatic rings. The molecule has 11 heteroatoms. The molecule has 0 saturated heterocycles. The summed E-state index contributed by atoms with van der Waals surface area (Å²) in [7, 11) is -3.94. The summed E-state index contributed by atoms with van der Waals surface area (Å²) in [6.45, 7) is 6.30. The Labute approximate surface area is 237 Å². The average Bonchev–Trinajstić information content (AvgIpc) is 3.30. The van der Waals surface area contributed by atoms with E-state index in [-0.39, 0.29) is 17.9 Å². The van der Waals surface area contributed by atoms with Gasteiger partial charge < -0.3 is 19.6 Å². The van der Waals surface area contributed by atoms with Crippen molar-refractivity contribution < 1.29 is 27.8 Å². The van der Waals surface area contributed by atoms with E-state index in [0.717, 1.165) is 11.1 Å². The van der Waals surface area contributed by atoms with Crippen LogP contribution in [0, 0.1) is 6.92 Å². The van der Waals surface area contributed by atoms with Gasteiger partial charge in [0, 0.05) is 29.5 Å². The summed E-state index contributed by atoms with van der Waals surface area (Å²) in [6.07, 6.45) is 4.69. The zero-order chi connectivity index (χ0) is 29.1. The van der Waals surface area contributed by atoms with E-state index in [2.05, 4.69) is 19.7 Å². The van der Waals surface area contributed by atoms with E-state index in [1.165, 1.54) is 0 Å². The number of aryl methyl sites for hydroxylation is 1. The fourth-order valence-corrected chi connectivity index (χ4v) is 6.07. The molecule has 0 saturated carbocycles. The number of sulfonamides is 1. The van der Waals surface area contributed by atoms with Crippen molar-refractivity contribution in [2.75, 3.05) is 13.2 Å². The molecule has 0 unspecified atom stereocenters. The monoisotopic (exact) mass is 574 g/mol. The second-order valence-electron chi connectivity index (χ2n) is 9.49. The first-order valence-corrected chi connectivity index (χ1v) is 14.8. The topological polar surface area (TPSA) is 144 Å². The Balaban J connectivity index is 1.51. The fourth-order valence-electron chi connectivity index (χ4n) is 4.96. The number of rotatable bonds is 10. The molecular formula is C30H30N4O6S. The number of aromatic nitrogens is 3. The van der Waals surface area contributed by atoms with Crippen molar-refractivity contribution in [2.45, 2.75) is 32.9 Å². The van der Waals surface area contributed by atoms with E-state index in [9.17, 15) is 18.3 Å². The fraction of sp³-hybridized carbons (Fsp3) is 0.233. The van der Waals surface area contributed by atoms with Crippen molar-refractivity contribution in [3.63, 3.8) is 0 Å². The summed E-state index contributed by atoms with van der Waals surface area (Å²) in [5, 5.41) is 13.2. The molecule has 0 fully saturated rings. The van der Waals surface area contributed by atoms with Gasteiger partial charge in [-0.1, -0.05) is 18.2 Å². The Kier molecular flexibility index (Phi) is 7.80. The van der Waals surface area contributed by atoms with Crippen molar-refractivity contribution >= 4 is 37.6 Å². The predicted octanol–water partition coefficient (Wildman–Crippen LogP) is 4.78. The van der Waals surface area contributed by atoms with Gasteiger partial charge in [0.05, 0.1) is 47.4 Å². The van der Waals surface area contributed by atoms with Crippen LogP contribution in [0.2, 0.25) is 0 Å². The van der Waals surface area contributed by atoms with Crippen LogP contribution >= 0.6 is 0 Å². The van der Waals surface area contributed by atoms with Crippen molar-refractivity contribution in [1.29, 1.82) is 0 Å². The van der Waals surface area contributed by atoms with Crippen LogP contribution in [0.1, 0.15) is 30.5 Å². The van der Waals surface area contributed by atoms with Gasteiger partial charge in [-0.3, -0.25) is 19.5 Å². The number of fused-ring (bicyclic) bond motifs is 3. The quantitative estimate of drug-likeness (QED) is 0.216. The van der Waals surface area contributed by atoms with Crippen LogP contribution in [0.3, 0.4) is 0 Å². The number of amides is 1. The number of benzene rings is 2. The first kappa shape index (κ1) is 27.9. The van der Waals surface area contributed by atoms with Crippen molar-refractivity contribution in [1.82, 2.24) is 19.7 Å². The van der Waals surface area contributed by atoms with Crippen molar-refractivity contribution in [2.24, 2.45) is 0 Å². The van der Waals surface area contributed by atoms with Crippen LogP contribution in [-0.4, -0.2) is 47.6 Å². The molecule has 0 atom stereocenters. The third kappa shape index (κ3) is 5.66. The molecule has 0 aliphatic rings. The molecule has 0 aliphatic carbocycles. The lowest BCUT2D eigenvalue weighted by molar-refractivity contribution is -0.118. The highest BCUT2D eigenvalue weighted by molar-refractivity contribution is 7.89. The van der Waals surface area contributed by atoms with Gasteiger partial charge in [0.1, 0.15) is 0 Å². The summed E-state index contributed by atoms with van der Waals surface area (Å²) in [6, 6.07) is 12.1. The van der Waals surface area contributed by atoms with Gasteiger partial charge in [0.2, 0.25) is 21.8 Å². The number of carbonyl (C=O) groups is 1. The minimum atomic E-state index is -3.94. The summed E-state index contributed by atoms with van der Waals surface area (Å²) in [4.78, 5) is 24.1. The van der Waals surface area contributed by atoms with Crippen LogP contribution < -0.4 is 14.2 Å². The first-order chi connectivity index (χ1) is 19.7. The largest absolute Gasteiger partial charge is 0.504 e. The molecule has 0 radical (unpaired) electrons. The highest BCUT2D eigenvalue weighted by Gasteiger charge is 2.25. The molecule has 3 heterocycles. The third-order valence-corrected chi connectivity index (χ3v) is 7.84. The zero-order valence-electron chi connectivity index (χ0n) is 22.9. The van der Waals surface area contributed by atoms with Gasteiger partial charge in [-0.2, -0.15) is 0 Å². The van der Waals surface area contributed by atoms with Gasteiger partial charge in [-0.05, 0) is 61.7 Å². The minimum absolute atomic E-state index is 0.0393. The maximum absolute atomic E-state index is 12.8. The number of ether oxygens (including phenoxy) is 2. The first-order valence-electron chi connectivity index (χ1n) is 13.1. The standard InChI is InChI=1S/C30H30N4O6S/c1-4-39-29-22-7-6-12-32-26(22)25-24(28(29)36)27(33-30(25)40-5-2)21-9-8-20(15-18(21)3)17-41(37,38)34-23(35)16-19-10-13-31-14-11-19/h6-15,33,36H,4-5,16-17H2,1-3H3,(H,34,35). The lowest BCUT2D eigenvalue weighted by atomic mass is 9.98. The Hall–Kier alpha value is -4.64. The smallest absolute Gasteiger partial charge is 0.239 e. The number of pyridine rings is 2. The van der Waals surface area contributed by atoms with E-state index in [1.54, 1.807) is 55.0 Å². The maximum atomic E-state index is 12.8. The number of hydrogen-bond donors (Lipinski definition) is 3. The minimum Gasteiger partial charge on any atom is -0.504 e. The number of aromatic hydroxyl groups is 1. The summed E-state index contributed by atoms with van der Waals surface area (Å²) >= 11 is 0. The molecule has 5 rings (SSSR count). The van der Waals surface area contributed by atoms with E-state index < -0.39 is 15.9 Å².